The molecular weight excluding hydrogens is 270 g/mol. The van der Waals surface area contributed by atoms with E-state index in [2.05, 4.69) is 54.5 Å². The summed E-state index contributed by atoms with van der Waals surface area (Å²) in [5.41, 5.74) is 2.90. The second kappa shape index (κ2) is 7.52. The molecule has 1 aromatic heterocycles. The van der Waals surface area contributed by atoms with Crippen LogP contribution in [0.4, 0.5) is 0 Å². The van der Waals surface area contributed by atoms with E-state index in [9.17, 15) is 0 Å². The molecule has 0 amide bonds. The summed E-state index contributed by atoms with van der Waals surface area (Å²) >= 11 is 0. The molecule has 1 saturated heterocycles. The van der Waals surface area contributed by atoms with E-state index in [1.54, 1.807) is 9.80 Å². The average molecular weight is 298 g/mol. The maximum absolute atomic E-state index is 3.10. The largest absolute Gasteiger partial charge is 0.331 e. The molecule has 0 radical (unpaired) electrons. The number of benzene rings is 1. The molecule has 0 aliphatic carbocycles. The standard InChI is InChI=1S/C19H25N3/c1-21(15-17-5-3-2-4-6-17)19-9-13-22(14-10-19)16-18-7-11-20-12-8-18/h2-8,11-12,19H,9-10,13-16H2,1H3/p+3. The molecule has 1 atom stereocenters. The van der Waals surface area contributed by atoms with E-state index >= 15 is 0 Å². The van der Waals surface area contributed by atoms with Crippen molar-refractivity contribution in [1.29, 1.82) is 0 Å². The van der Waals surface area contributed by atoms with Crippen LogP contribution in [0.1, 0.15) is 24.0 Å². The lowest BCUT2D eigenvalue weighted by molar-refractivity contribution is -0.960. The van der Waals surface area contributed by atoms with Gasteiger partial charge >= 0.3 is 0 Å². The van der Waals surface area contributed by atoms with Crippen LogP contribution in [0.3, 0.4) is 0 Å². The van der Waals surface area contributed by atoms with Crippen molar-refractivity contribution in [3.8, 4) is 0 Å². The molecule has 3 nitrogen and oxygen atoms in total. The van der Waals surface area contributed by atoms with Gasteiger partial charge in [0.15, 0.2) is 12.4 Å². The molecule has 0 saturated carbocycles. The van der Waals surface area contributed by atoms with E-state index in [0.717, 1.165) is 12.6 Å². The first-order valence-electron chi connectivity index (χ1n) is 8.46. The molecule has 1 aliphatic heterocycles. The number of hydrogen-bond acceptors (Lipinski definition) is 0. The van der Waals surface area contributed by atoms with Crippen LogP contribution in [-0.4, -0.2) is 26.2 Å². The van der Waals surface area contributed by atoms with Crippen molar-refractivity contribution >= 4 is 0 Å². The van der Waals surface area contributed by atoms with Crippen molar-refractivity contribution in [2.24, 2.45) is 0 Å². The van der Waals surface area contributed by atoms with Crippen molar-refractivity contribution in [3.05, 3.63) is 66.0 Å². The van der Waals surface area contributed by atoms with Crippen molar-refractivity contribution < 1.29 is 14.8 Å². The minimum absolute atomic E-state index is 0.813. The van der Waals surface area contributed by atoms with Gasteiger partial charge in [0.1, 0.15) is 13.1 Å². The van der Waals surface area contributed by atoms with E-state index in [1.807, 2.05) is 12.4 Å². The van der Waals surface area contributed by atoms with Crippen LogP contribution in [-0.2, 0) is 13.1 Å². The Morgan fingerprint density at radius 2 is 1.68 bits per heavy atom. The summed E-state index contributed by atoms with van der Waals surface area (Å²) in [5, 5.41) is 0. The summed E-state index contributed by atoms with van der Waals surface area (Å²) in [6.45, 7) is 4.92. The summed E-state index contributed by atoms with van der Waals surface area (Å²) in [6.07, 6.45) is 6.73. The number of likely N-dealkylation sites (tertiary alicyclic amines) is 1. The lowest BCUT2D eigenvalue weighted by Crippen LogP contribution is -3.18. The zero-order chi connectivity index (χ0) is 15.2. The highest BCUT2D eigenvalue weighted by molar-refractivity contribution is 5.13. The zero-order valence-corrected chi connectivity index (χ0v) is 13.5. The van der Waals surface area contributed by atoms with Gasteiger partial charge in [-0.25, -0.2) is 4.98 Å². The van der Waals surface area contributed by atoms with Gasteiger partial charge < -0.3 is 9.80 Å². The monoisotopic (exact) mass is 298 g/mol. The first kappa shape index (κ1) is 15.2. The first-order valence-corrected chi connectivity index (χ1v) is 8.46. The average Bonchev–Trinajstić information content (AvgIpc) is 2.57. The van der Waals surface area contributed by atoms with Gasteiger partial charge in [0.25, 0.3) is 0 Å². The van der Waals surface area contributed by atoms with Gasteiger partial charge in [0.05, 0.1) is 26.2 Å². The van der Waals surface area contributed by atoms with Gasteiger partial charge in [-0.2, -0.15) is 0 Å². The smallest absolute Gasteiger partial charge is 0.167 e. The normalized spacial score (nSPS) is 23.1. The Hall–Kier alpha value is -1.71. The molecule has 1 fully saturated rings. The molecule has 3 N–H and O–H groups in total. The topological polar surface area (TPSA) is 23.0 Å². The van der Waals surface area contributed by atoms with Gasteiger partial charge in [0, 0.05) is 36.1 Å². The Balaban J connectivity index is 1.47. The van der Waals surface area contributed by atoms with E-state index < -0.39 is 0 Å². The molecule has 116 valence electrons. The predicted molar refractivity (Wildman–Crippen MR) is 87.5 cm³/mol. The van der Waals surface area contributed by atoms with Crippen molar-refractivity contribution in [1.82, 2.24) is 0 Å². The fourth-order valence-electron chi connectivity index (χ4n) is 3.59. The van der Waals surface area contributed by atoms with Crippen LogP contribution in [0, 0.1) is 0 Å². The number of nitrogens with one attached hydrogen (secondary N) is 3. The Morgan fingerprint density at radius 1 is 1.00 bits per heavy atom. The Bertz CT molecular complexity index is 547. The molecule has 1 unspecified atom stereocenters. The second-order valence-corrected chi connectivity index (χ2v) is 6.62. The third-order valence-corrected chi connectivity index (χ3v) is 4.96. The number of H-pyrrole nitrogens is 1. The summed E-state index contributed by atoms with van der Waals surface area (Å²) in [7, 11) is 2.36. The SMILES string of the molecule is C[NH+](Cc1ccccc1)C1CC[NH+](Cc2cc[nH+]cc2)CC1. The Kier molecular flexibility index (Phi) is 5.20. The maximum atomic E-state index is 3.10. The minimum Gasteiger partial charge on any atom is -0.331 e. The quantitative estimate of drug-likeness (QED) is 0.761. The third kappa shape index (κ3) is 4.15. The first-order chi connectivity index (χ1) is 10.8. The van der Waals surface area contributed by atoms with Gasteiger partial charge in [-0.3, -0.25) is 0 Å². The number of pyridine rings is 1. The number of rotatable bonds is 5. The molecule has 3 heteroatoms. The molecule has 22 heavy (non-hydrogen) atoms. The van der Waals surface area contributed by atoms with Crippen LogP contribution in [0.2, 0.25) is 0 Å². The Labute approximate surface area is 133 Å². The summed E-state index contributed by atoms with van der Waals surface area (Å²) < 4.78 is 0. The molecule has 1 aliphatic rings. The molecule has 0 bridgehead atoms. The molecule has 2 heterocycles. The summed E-state index contributed by atoms with van der Waals surface area (Å²) in [6, 6.07) is 16.1. The summed E-state index contributed by atoms with van der Waals surface area (Å²) in [4.78, 5) is 6.50. The van der Waals surface area contributed by atoms with Crippen LogP contribution in [0.5, 0.6) is 0 Å². The number of quaternary nitrogens is 2. The van der Waals surface area contributed by atoms with E-state index in [4.69, 9.17) is 0 Å². The predicted octanol–water partition coefficient (Wildman–Crippen LogP) is -0.237. The summed E-state index contributed by atoms with van der Waals surface area (Å²) in [5.74, 6) is 0. The molecule has 2 aromatic rings. The molecule has 3 rings (SSSR count). The number of hydrogen-bond donors (Lipinski definition) is 2. The number of aromatic nitrogens is 1. The number of piperidine rings is 1. The van der Waals surface area contributed by atoms with Crippen molar-refractivity contribution in [2.75, 3.05) is 20.1 Å². The highest BCUT2D eigenvalue weighted by atomic mass is 15.2. The number of aromatic amines is 1. The van der Waals surface area contributed by atoms with Crippen LogP contribution < -0.4 is 14.8 Å². The fourth-order valence-corrected chi connectivity index (χ4v) is 3.59. The van der Waals surface area contributed by atoms with Crippen molar-refractivity contribution in [2.45, 2.75) is 32.0 Å². The fraction of sp³-hybridized carbons (Fsp3) is 0.421. The van der Waals surface area contributed by atoms with Gasteiger partial charge in [-0.15, -0.1) is 0 Å². The highest BCUT2D eigenvalue weighted by Crippen LogP contribution is 2.00. The van der Waals surface area contributed by atoms with Crippen molar-refractivity contribution in [3.63, 3.8) is 0 Å². The maximum Gasteiger partial charge on any atom is 0.167 e. The Morgan fingerprint density at radius 3 is 2.36 bits per heavy atom. The second-order valence-electron chi connectivity index (χ2n) is 6.62. The van der Waals surface area contributed by atoms with Gasteiger partial charge in [-0.05, 0) is 0 Å². The lowest BCUT2D eigenvalue weighted by atomic mass is 10.0. The van der Waals surface area contributed by atoms with Crippen LogP contribution >= 0.6 is 0 Å². The van der Waals surface area contributed by atoms with E-state index in [1.165, 1.54) is 43.6 Å². The zero-order valence-electron chi connectivity index (χ0n) is 13.5. The highest BCUT2D eigenvalue weighted by Gasteiger charge is 2.27. The van der Waals surface area contributed by atoms with E-state index in [-0.39, 0.29) is 0 Å². The van der Waals surface area contributed by atoms with Crippen LogP contribution in [0.25, 0.3) is 0 Å². The molecule has 1 aromatic carbocycles. The molecule has 0 spiro atoms. The van der Waals surface area contributed by atoms with Gasteiger partial charge in [-0.1, -0.05) is 30.3 Å². The van der Waals surface area contributed by atoms with Gasteiger partial charge in [0.2, 0.25) is 0 Å². The molecular formula is C19H28N3+3. The van der Waals surface area contributed by atoms with Crippen LogP contribution in [0.15, 0.2) is 54.9 Å². The lowest BCUT2D eigenvalue weighted by Gasteiger charge is -2.32. The minimum atomic E-state index is 0.813. The van der Waals surface area contributed by atoms with E-state index in [0.29, 0.717) is 0 Å². The third-order valence-electron chi connectivity index (χ3n) is 4.96.